The number of nitrogens with one attached hydrogen (secondary N) is 1. The Hall–Kier alpha value is -2.36. The van der Waals surface area contributed by atoms with E-state index in [1.807, 2.05) is 31.2 Å². The lowest BCUT2D eigenvalue weighted by Crippen LogP contribution is -2.24. The molecule has 0 aliphatic carbocycles. The molecule has 110 valence electrons. The van der Waals surface area contributed by atoms with Crippen LogP contribution in [0.4, 0.5) is 10.1 Å². The molecule has 0 fully saturated rings. The first-order chi connectivity index (χ1) is 10.0. The van der Waals surface area contributed by atoms with E-state index in [1.54, 1.807) is 12.1 Å². The van der Waals surface area contributed by atoms with Crippen LogP contribution in [0.5, 0.6) is 0 Å². The SMILES string of the molecule is CC(CC(=O)NCc1ccc(F)cc1)c1ccc(N)cc1. The Bertz CT molecular complexity index is 593. The second-order valence-corrected chi connectivity index (χ2v) is 5.18. The van der Waals surface area contributed by atoms with Gasteiger partial charge in [0, 0.05) is 18.7 Å². The minimum atomic E-state index is -0.276. The highest BCUT2D eigenvalue weighted by molar-refractivity contribution is 5.76. The van der Waals surface area contributed by atoms with Crippen LogP contribution in [0.3, 0.4) is 0 Å². The number of anilines is 1. The van der Waals surface area contributed by atoms with Crippen LogP contribution in [-0.2, 0) is 11.3 Å². The molecule has 2 aromatic rings. The van der Waals surface area contributed by atoms with Gasteiger partial charge in [0.15, 0.2) is 0 Å². The number of hydrogen-bond donors (Lipinski definition) is 2. The normalized spacial score (nSPS) is 11.9. The molecule has 0 saturated heterocycles. The molecule has 3 N–H and O–H groups in total. The fraction of sp³-hybridized carbons (Fsp3) is 0.235. The fourth-order valence-corrected chi connectivity index (χ4v) is 2.10. The second-order valence-electron chi connectivity index (χ2n) is 5.18. The number of rotatable bonds is 5. The first kappa shape index (κ1) is 15.0. The first-order valence-electron chi connectivity index (χ1n) is 6.91. The minimum absolute atomic E-state index is 0.0244. The lowest BCUT2D eigenvalue weighted by Gasteiger charge is -2.12. The Labute approximate surface area is 124 Å². The van der Waals surface area contributed by atoms with Crippen molar-refractivity contribution in [2.45, 2.75) is 25.8 Å². The summed E-state index contributed by atoms with van der Waals surface area (Å²) in [6.07, 6.45) is 0.408. The average molecular weight is 286 g/mol. The van der Waals surface area contributed by atoms with E-state index < -0.39 is 0 Å². The Kier molecular flexibility index (Phi) is 4.93. The summed E-state index contributed by atoms with van der Waals surface area (Å²) in [7, 11) is 0. The number of nitrogens with two attached hydrogens (primary N) is 1. The van der Waals surface area contributed by atoms with E-state index in [0.29, 0.717) is 18.7 Å². The summed E-state index contributed by atoms with van der Waals surface area (Å²) in [5, 5.41) is 2.84. The zero-order chi connectivity index (χ0) is 15.2. The standard InChI is InChI=1S/C17H19FN2O/c1-12(14-4-8-16(19)9-5-14)10-17(21)20-11-13-2-6-15(18)7-3-13/h2-9,12H,10-11,19H2,1H3,(H,20,21). The highest BCUT2D eigenvalue weighted by Gasteiger charge is 2.11. The smallest absolute Gasteiger partial charge is 0.220 e. The quantitative estimate of drug-likeness (QED) is 0.829. The molecule has 0 heterocycles. The Morgan fingerprint density at radius 3 is 2.38 bits per heavy atom. The van der Waals surface area contributed by atoms with Gasteiger partial charge in [-0.15, -0.1) is 0 Å². The number of nitrogen functional groups attached to an aromatic ring is 1. The summed E-state index contributed by atoms with van der Waals surface area (Å²) in [5.74, 6) is -0.176. The van der Waals surface area contributed by atoms with E-state index in [-0.39, 0.29) is 17.6 Å². The van der Waals surface area contributed by atoms with E-state index in [1.165, 1.54) is 12.1 Å². The lowest BCUT2D eigenvalue weighted by atomic mass is 9.97. The van der Waals surface area contributed by atoms with Crippen LogP contribution in [-0.4, -0.2) is 5.91 Å². The monoisotopic (exact) mass is 286 g/mol. The summed E-state index contributed by atoms with van der Waals surface area (Å²) in [6, 6.07) is 13.7. The molecule has 0 aliphatic heterocycles. The van der Waals surface area contributed by atoms with E-state index >= 15 is 0 Å². The fourth-order valence-electron chi connectivity index (χ4n) is 2.10. The average Bonchev–Trinajstić information content (AvgIpc) is 2.47. The molecular weight excluding hydrogens is 267 g/mol. The highest BCUT2D eigenvalue weighted by atomic mass is 19.1. The molecule has 0 aliphatic rings. The van der Waals surface area contributed by atoms with Crippen LogP contribution in [0.1, 0.15) is 30.4 Å². The molecule has 0 saturated carbocycles. The van der Waals surface area contributed by atoms with Crippen LogP contribution in [0.2, 0.25) is 0 Å². The number of carbonyl (C=O) groups is 1. The van der Waals surface area contributed by atoms with Gasteiger partial charge in [-0.25, -0.2) is 4.39 Å². The molecule has 0 bridgehead atoms. The Morgan fingerprint density at radius 1 is 1.14 bits per heavy atom. The van der Waals surface area contributed by atoms with Crippen molar-refractivity contribution < 1.29 is 9.18 Å². The van der Waals surface area contributed by atoms with Crippen molar-refractivity contribution in [3.63, 3.8) is 0 Å². The van der Waals surface area contributed by atoms with Gasteiger partial charge < -0.3 is 11.1 Å². The van der Waals surface area contributed by atoms with Crippen LogP contribution >= 0.6 is 0 Å². The summed E-state index contributed by atoms with van der Waals surface area (Å²) in [4.78, 5) is 11.9. The van der Waals surface area contributed by atoms with Crippen molar-refractivity contribution in [1.29, 1.82) is 0 Å². The van der Waals surface area contributed by atoms with Crippen LogP contribution in [0.15, 0.2) is 48.5 Å². The molecule has 0 radical (unpaired) electrons. The van der Waals surface area contributed by atoms with Crippen molar-refractivity contribution in [3.05, 3.63) is 65.5 Å². The van der Waals surface area contributed by atoms with Gasteiger partial charge in [0.25, 0.3) is 0 Å². The molecule has 1 unspecified atom stereocenters. The Balaban J connectivity index is 1.83. The maximum absolute atomic E-state index is 12.8. The van der Waals surface area contributed by atoms with Crippen molar-refractivity contribution >= 4 is 11.6 Å². The molecule has 1 atom stereocenters. The maximum atomic E-state index is 12.8. The van der Waals surface area contributed by atoms with Gasteiger partial charge in [0.1, 0.15) is 5.82 Å². The van der Waals surface area contributed by atoms with Gasteiger partial charge in [-0.2, -0.15) is 0 Å². The molecule has 2 rings (SSSR count). The molecule has 4 heteroatoms. The van der Waals surface area contributed by atoms with Crippen molar-refractivity contribution in [3.8, 4) is 0 Å². The molecule has 1 amide bonds. The first-order valence-corrected chi connectivity index (χ1v) is 6.91. The third kappa shape index (κ3) is 4.60. The van der Waals surface area contributed by atoms with Crippen LogP contribution in [0, 0.1) is 5.82 Å². The maximum Gasteiger partial charge on any atom is 0.220 e. The summed E-state index contributed by atoms with van der Waals surface area (Å²) in [6.45, 7) is 2.41. The van der Waals surface area contributed by atoms with Crippen LogP contribution in [0.25, 0.3) is 0 Å². The van der Waals surface area contributed by atoms with Gasteiger partial charge in [0.2, 0.25) is 5.91 Å². The van der Waals surface area contributed by atoms with Crippen LogP contribution < -0.4 is 11.1 Å². The summed E-state index contributed by atoms with van der Waals surface area (Å²) in [5.41, 5.74) is 8.32. The van der Waals surface area contributed by atoms with E-state index in [4.69, 9.17) is 5.73 Å². The predicted octanol–water partition coefficient (Wildman–Crippen LogP) is 3.22. The van der Waals surface area contributed by atoms with Gasteiger partial charge in [-0.05, 0) is 41.3 Å². The Morgan fingerprint density at radius 2 is 1.76 bits per heavy atom. The van der Waals surface area contributed by atoms with Crippen molar-refractivity contribution in [1.82, 2.24) is 5.32 Å². The summed E-state index contributed by atoms with van der Waals surface area (Å²) < 4.78 is 12.8. The number of amides is 1. The zero-order valence-electron chi connectivity index (χ0n) is 12.0. The molecule has 21 heavy (non-hydrogen) atoms. The van der Waals surface area contributed by atoms with Crippen molar-refractivity contribution in [2.24, 2.45) is 0 Å². The number of hydrogen-bond acceptors (Lipinski definition) is 2. The predicted molar refractivity (Wildman–Crippen MR) is 82.1 cm³/mol. The minimum Gasteiger partial charge on any atom is -0.399 e. The topological polar surface area (TPSA) is 55.1 Å². The largest absolute Gasteiger partial charge is 0.399 e. The van der Waals surface area contributed by atoms with Gasteiger partial charge in [0.05, 0.1) is 0 Å². The summed E-state index contributed by atoms with van der Waals surface area (Å²) >= 11 is 0. The van der Waals surface area contributed by atoms with Crippen molar-refractivity contribution in [2.75, 3.05) is 5.73 Å². The van der Waals surface area contributed by atoms with E-state index in [0.717, 1.165) is 11.1 Å². The van der Waals surface area contributed by atoms with E-state index in [9.17, 15) is 9.18 Å². The number of halogens is 1. The van der Waals surface area contributed by atoms with Gasteiger partial charge in [-0.3, -0.25) is 4.79 Å². The highest BCUT2D eigenvalue weighted by Crippen LogP contribution is 2.20. The third-order valence-electron chi connectivity index (χ3n) is 3.40. The molecule has 0 spiro atoms. The zero-order valence-corrected chi connectivity index (χ0v) is 12.0. The third-order valence-corrected chi connectivity index (χ3v) is 3.40. The molecule has 3 nitrogen and oxygen atoms in total. The second kappa shape index (κ2) is 6.88. The van der Waals surface area contributed by atoms with Gasteiger partial charge >= 0.3 is 0 Å². The lowest BCUT2D eigenvalue weighted by molar-refractivity contribution is -0.121. The van der Waals surface area contributed by atoms with E-state index in [2.05, 4.69) is 5.32 Å². The number of carbonyl (C=O) groups excluding carboxylic acids is 1. The van der Waals surface area contributed by atoms with Gasteiger partial charge in [-0.1, -0.05) is 31.2 Å². The molecule has 2 aromatic carbocycles. The molecule has 0 aromatic heterocycles. The molecular formula is C17H19FN2O. The number of benzene rings is 2.